The SMILES string of the molecule is [CH2]Cc1cocc1-c1cccc(Br)c1. The molecule has 0 bridgehead atoms. The van der Waals surface area contributed by atoms with Gasteiger partial charge in [0.2, 0.25) is 0 Å². The van der Waals surface area contributed by atoms with Crippen LogP contribution in [0.4, 0.5) is 0 Å². The van der Waals surface area contributed by atoms with Gasteiger partial charge in [-0.2, -0.15) is 0 Å². The smallest absolute Gasteiger partial charge is 0.0983 e. The maximum absolute atomic E-state index is 5.18. The highest BCUT2D eigenvalue weighted by Crippen LogP contribution is 2.27. The fourth-order valence-corrected chi connectivity index (χ4v) is 1.83. The minimum atomic E-state index is 0.748. The summed E-state index contributed by atoms with van der Waals surface area (Å²) in [6.07, 6.45) is 4.27. The minimum Gasteiger partial charge on any atom is -0.472 e. The quantitative estimate of drug-likeness (QED) is 0.782. The van der Waals surface area contributed by atoms with Crippen LogP contribution < -0.4 is 0 Å². The van der Waals surface area contributed by atoms with Gasteiger partial charge in [-0.3, -0.25) is 0 Å². The predicted molar refractivity (Wildman–Crippen MR) is 60.9 cm³/mol. The van der Waals surface area contributed by atoms with Crippen molar-refractivity contribution in [3.8, 4) is 11.1 Å². The van der Waals surface area contributed by atoms with Crippen molar-refractivity contribution in [1.82, 2.24) is 0 Å². The van der Waals surface area contributed by atoms with E-state index in [2.05, 4.69) is 35.0 Å². The normalized spacial score (nSPS) is 10.4. The number of halogens is 1. The molecule has 0 saturated heterocycles. The zero-order chi connectivity index (χ0) is 9.97. The molecule has 1 heterocycles. The van der Waals surface area contributed by atoms with Gasteiger partial charge in [0.05, 0.1) is 12.5 Å². The van der Waals surface area contributed by atoms with Crippen molar-refractivity contribution in [1.29, 1.82) is 0 Å². The molecule has 0 amide bonds. The van der Waals surface area contributed by atoms with Crippen LogP contribution in [0.1, 0.15) is 5.56 Å². The van der Waals surface area contributed by atoms with Gasteiger partial charge < -0.3 is 4.42 Å². The molecule has 0 atom stereocenters. The van der Waals surface area contributed by atoms with Crippen molar-refractivity contribution in [2.45, 2.75) is 6.42 Å². The Hall–Kier alpha value is -1.02. The third kappa shape index (κ3) is 1.75. The van der Waals surface area contributed by atoms with Crippen LogP contribution in [0.2, 0.25) is 0 Å². The number of benzene rings is 1. The van der Waals surface area contributed by atoms with Gasteiger partial charge in [-0.05, 0) is 36.6 Å². The second-order valence-electron chi connectivity index (χ2n) is 3.07. The Morgan fingerprint density at radius 1 is 1.29 bits per heavy atom. The first-order valence-corrected chi connectivity index (χ1v) is 5.21. The number of hydrogen-bond acceptors (Lipinski definition) is 1. The molecule has 0 N–H and O–H groups in total. The molecule has 14 heavy (non-hydrogen) atoms. The average Bonchev–Trinajstić information content (AvgIpc) is 2.65. The molecule has 0 saturated carbocycles. The van der Waals surface area contributed by atoms with E-state index >= 15 is 0 Å². The summed E-state index contributed by atoms with van der Waals surface area (Å²) in [5, 5.41) is 0. The Kier molecular flexibility index (Phi) is 2.73. The molecule has 2 aromatic rings. The van der Waals surface area contributed by atoms with E-state index in [9.17, 15) is 0 Å². The Balaban J connectivity index is 2.49. The summed E-state index contributed by atoms with van der Waals surface area (Å²) in [6.45, 7) is 3.87. The maximum Gasteiger partial charge on any atom is 0.0983 e. The van der Waals surface area contributed by atoms with E-state index in [1.807, 2.05) is 12.1 Å². The molecule has 0 unspecified atom stereocenters. The van der Waals surface area contributed by atoms with Crippen LogP contribution in [0.5, 0.6) is 0 Å². The standard InChI is InChI=1S/C12H10BrO/c1-2-9-7-14-8-12(9)10-4-3-5-11(13)6-10/h3-8H,1-2H2. The first-order chi connectivity index (χ1) is 6.81. The van der Waals surface area contributed by atoms with Crippen LogP contribution in [0, 0.1) is 6.92 Å². The summed E-state index contributed by atoms with van der Waals surface area (Å²) in [5.41, 5.74) is 3.43. The maximum atomic E-state index is 5.18. The zero-order valence-electron chi connectivity index (χ0n) is 7.66. The molecule has 1 aromatic heterocycles. The molecule has 0 spiro atoms. The lowest BCUT2D eigenvalue weighted by Gasteiger charge is -2.00. The minimum absolute atomic E-state index is 0.748. The first kappa shape index (κ1) is 9.53. The monoisotopic (exact) mass is 249 g/mol. The van der Waals surface area contributed by atoms with Crippen molar-refractivity contribution >= 4 is 15.9 Å². The average molecular weight is 250 g/mol. The zero-order valence-corrected chi connectivity index (χ0v) is 9.25. The lowest BCUT2D eigenvalue weighted by Crippen LogP contribution is -1.81. The number of furan rings is 1. The topological polar surface area (TPSA) is 13.1 Å². The van der Waals surface area contributed by atoms with E-state index in [-0.39, 0.29) is 0 Å². The molecule has 0 aliphatic heterocycles. The molecular weight excluding hydrogens is 240 g/mol. The molecule has 0 aliphatic rings. The predicted octanol–water partition coefficient (Wildman–Crippen LogP) is 4.09. The summed E-state index contributed by atoms with van der Waals surface area (Å²) in [5.74, 6) is 0. The Morgan fingerprint density at radius 3 is 2.86 bits per heavy atom. The third-order valence-corrected chi connectivity index (χ3v) is 2.64. The van der Waals surface area contributed by atoms with E-state index in [0.717, 1.165) is 27.6 Å². The molecular formula is C12H10BrO. The largest absolute Gasteiger partial charge is 0.472 e. The van der Waals surface area contributed by atoms with E-state index in [1.165, 1.54) is 0 Å². The van der Waals surface area contributed by atoms with Crippen molar-refractivity contribution in [2.24, 2.45) is 0 Å². The molecule has 0 aliphatic carbocycles. The summed E-state index contributed by atoms with van der Waals surface area (Å²) >= 11 is 3.45. The molecule has 1 nitrogen and oxygen atoms in total. The van der Waals surface area contributed by atoms with Gasteiger partial charge in [-0.15, -0.1) is 0 Å². The Bertz CT molecular complexity index is 431. The fourth-order valence-electron chi connectivity index (χ4n) is 1.43. The van der Waals surface area contributed by atoms with Gasteiger partial charge in [0, 0.05) is 10.0 Å². The number of rotatable bonds is 2. The van der Waals surface area contributed by atoms with Crippen LogP contribution in [0.25, 0.3) is 11.1 Å². The molecule has 2 rings (SSSR count). The van der Waals surface area contributed by atoms with Gasteiger partial charge in [0.25, 0.3) is 0 Å². The van der Waals surface area contributed by atoms with Gasteiger partial charge in [-0.1, -0.05) is 28.1 Å². The lowest BCUT2D eigenvalue weighted by molar-refractivity contribution is 0.565. The van der Waals surface area contributed by atoms with E-state index in [4.69, 9.17) is 4.42 Å². The highest BCUT2D eigenvalue weighted by Gasteiger charge is 2.05. The second kappa shape index (κ2) is 4.01. The van der Waals surface area contributed by atoms with Crippen molar-refractivity contribution in [3.05, 3.63) is 53.8 Å². The van der Waals surface area contributed by atoms with E-state index in [1.54, 1.807) is 12.5 Å². The van der Waals surface area contributed by atoms with Crippen LogP contribution in [-0.4, -0.2) is 0 Å². The van der Waals surface area contributed by atoms with Gasteiger partial charge >= 0.3 is 0 Å². The molecule has 0 fully saturated rings. The van der Waals surface area contributed by atoms with Crippen LogP contribution >= 0.6 is 15.9 Å². The molecule has 71 valence electrons. The van der Waals surface area contributed by atoms with Gasteiger partial charge in [0.15, 0.2) is 0 Å². The number of hydrogen-bond donors (Lipinski definition) is 0. The first-order valence-electron chi connectivity index (χ1n) is 4.41. The highest BCUT2D eigenvalue weighted by molar-refractivity contribution is 9.10. The van der Waals surface area contributed by atoms with Crippen LogP contribution in [-0.2, 0) is 6.42 Å². The summed E-state index contributed by atoms with van der Waals surface area (Å²) in [7, 11) is 0. The molecule has 2 heteroatoms. The summed E-state index contributed by atoms with van der Waals surface area (Å²) in [4.78, 5) is 0. The van der Waals surface area contributed by atoms with Crippen LogP contribution in [0.3, 0.4) is 0 Å². The third-order valence-electron chi connectivity index (χ3n) is 2.15. The van der Waals surface area contributed by atoms with Gasteiger partial charge in [-0.25, -0.2) is 0 Å². The Morgan fingerprint density at radius 2 is 2.14 bits per heavy atom. The van der Waals surface area contributed by atoms with Crippen LogP contribution in [0.15, 0.2) is 45.7 Å². The Labute approximate surface area is 91.9 Å². The highest BCUT2D eigenvalue weighted by atomic mass is 79.9. The lowest BCUT2D eigenvalue weighted by atomic mass is 10.0. The van der Waals surface area contributed by atoms with Crippen molar-refractivity contribution in [2.75, 3.05) is 0 Å². The fraction of sp³-hybridized carbons (Fsp3) is 0.0833. The van der Waals surface area contributed by atoms with E-state index in [0.29, 0.717) is 0 Å². The second-order valence-corrected chi connectivity index (χ2v) is 3.99. The van der Waals surface area contributed by atoms with Crippen molar-refractivity contribution < 1.29 is 4.42 Å². The summed E-state index contributed by atoms with van der Waals surface area (Å²) in [6, 6.07) is 8.16. The van der Waals surface area contributed by atoms with Gasteiger partial charge in [0.1, 0.15) is 0 Å². The summed E-state index contributed by atoms with van der Waals surface area (Å²) < 4.78 is 6.25. The molecule has 1 aromatic carbocycles. The molecule has 1 radical (unpaired) electrons. The van der Waals surface area contributed by atoms with Crippen molar-refractivity contribution in [3.63, 3.8) is 0 Å². The van der Waals surface area contributed by atoms with E-state index < -0.39 is 0 Å².